The topological polar surface area (TPSA) is 12.0 Å². The average molecular weight is 253 g/mol. The van der Waals surface area contributed by atoms with E-state index in [1.165, 1.54) is 89.9 Å². The highest BCUT2D eigenvalue weighted by molar-refractivity contribution is 4.66. The third-order valence-corrected chi connectivity index (χ3v) is 4.35. The highest BCUT2D eigenvalue weighted by atomic mass is 14.9. The first kappa shape index (κ1) is 16.0. The van der Waals surface area contributed by atoms with Crippen LogP contribution in [-0.4, -0.2) is 12.6 Å². The minimum absolute atomic E-state index is 0.806. The molecular weight excluding hydrogens is 218 g/mol. The molecule has 0 unspecified atom stereocenters. The summed E-state index contributed by atoms with van der Waals surface area (Å²) in [5.41, 5.74) is 0. The molecule has 0 heterocycles. The van der Waals surface area contributed by atoms with Crippen molar-refractivity contribution >= 4 is 0 Å². The van der Waals surface area contributed by atoms with Crippen LogP contribution in [0.3, 0.4) is 0 Å². The highest BCUT2D eigenvalue weighted by Gasteiger charge is 2.06. The van der Waals surface area contributed by atoms with Gasteiger partial charge in [-0.05, 0) is 19.4 Å². The van der Waals surface area contributed by atoms with Gasteiger partial charge in [-0.1, -0.05) is 84.0 Å². The Morgan fingerprint density at radius 1 is 0.611 bits per heavy atom. The third-order valence-electron chi connectivity index (χ3n) is 4.35. The first-order valence-electron chi connectivity index (χ1n) is 8.67. The minimum atomic E-state index is 0.806. The zero-order valence-corrected chi connectivity index (χ0v) is 12.7. The van der Waals surface area contributed by atoms with Crippen LogP contribution in [-0.2, 0) is 0 Å². The van der Waals surface area contributed by atoms with Crippen LogP contribution >= 0.6 is 0 Å². The molecule has 1 saturated carbocycles. The van der Waals surface area contributed by atoms with Gasteiger partial charge in [-0.15, -0.1) is 0 Å². The molecule has 1 aliphatic rings. The molecule has 1 N–H and O–H groups in total. The molecule has 0 bridgehead atoms. The molecule has 0 aromatic heterocycles. The van der Waals surface area contributed by atoms with Gasteiger partial charge in [0.05, 0.1) is 0 Å². The van der Waals surface area contributed by atoms with E-state index >= 15 is 0 Å². The van der Waals surface area contributed by atoms with E-state index in [4.69, 9.17) is 0 Å². The van der Waals surface area contributed by atoms with Gasteiger partial charge >= 0.3 is 0 Å². The quantitative estimate of drug-likeness (QED) is 0.691. The van der Waals surface area contributed by atoms with E-state index in [1.54, 1.807) is 0 Å². The second-order valence-corrected chi connectivity index (χ2v) is 6.07. The maximum absolute atomic E-state index is 3.68. The summed E-state index contributed by atoms with van der Waals surface area (Å²) in [6.07, 6.45) is 20.5. The molecule has 0 radical (unpaired) electrons. The molecule has 0 amide bonds. The fourth-order valence-electron chi connectivity index (χ4n) is 3.19. The van der Waals surface area contributed by atoms with Gasteiger partial charge in [0.25, 0.3) is 0 Å². The van der Waals surface area contributed by atoms with Crippen LogP contribution in [0.15, 0.2) is 0 Å². The zero-order valence-electron chi connectivity index (χ0n) is 12.7. The molecule has 108 valence electrons. The summed E-state index contributed by atoms with van der Waals surface area (Å²) in [5, 5.41) is 3.68. The predicted octanol–water partition coefficient (Wildman–Crippen LogP) is 5.44. The van der Waals surface area contributed by atoms with Crippen LogP contribution in [0.5, 0.6) is 0 Å². The van der Waals surface area contributed by atoms with Gasteiger partial charge in [0, 0.05) is 6.04 Å². The van der Waals surface area contributed by atoms with Crippen molar-refractivity contribution in [3.8, 4) is 0 Å². The fraction of sp³-hybridized carbons (Fsp3) is 1.00. The highest BCUT2D eigenvalue weighted by Crippen LogP contribution is 2.16. The Hall–Kier alpha value is -0.0400. The van der Waals surface area contributed by atoms with Gasteiger partial charge in [0.15, 0.2) is 0 Å². The van der Waals surface area contributed by atoms with Crippen molar-refractivity contribution in [2.24, 2.45) is 0 Å². The second kappa shape index (κ2) is 12.0. The van der Waals surface area contributed by atoms with Crippen molar-refractivity contribution < 1.29 is 0 Å². The van der Waals surface area contributed by atoms with E-state index in [1.807, 2.05) is 0 Å². The zero-order chi connectivity index (χ0) is 12.9. The van der Waals surface area contributed by atoms with Gasteiger partial charge in [-0.3, -0.25) is 0 Å². The molecule has 1 heteroatoms. The molecule has 1 fully saturated rings. The molecule has 0 aliphatic heterocycles. The predicted molar refractivity (Wildman–Crippen MR) is 82.1 cm³/mol. The molecule has 0 saturated heterocycles. The van der Waals surface area contributed by atoms with E-state index in [2.05, 4.69) is 12.2 Å². The first-order valence-corrected chi connectivity index (χ1v) is 8.67. The molecule has 1 nitrogen and oxygen atoms in total. The SMILES string of the molecule is CCNC1CCCCCCCCCCCCCC1. The lowest BCUT2D eigenvalue weighted by molar-refractivity contribution is 0.422. The van der Waals surface area contributed by atoms with E-state index in [0.717, 1.165) is 12.6 Å². The van der Waals surface area contributed by atoms with Gasteiger partial charge < -0.3 is 5.32 Å². The molecule has 18 heavy (non-hydrogen) atoms. The summed E-state index contributed by atoms with van der Waals surface area (Å²) in [7, 11) is 0. The first-order chi connectivity index (χ1) is 8.93. The van der Waals surface area contributed by atoms with Crippen LogP contribution in [0.2, 0.25) is 0 Å². The fourth-order valence-corrected chi connectivity index (χ4v) is 3.19. The average Bonchev–Trinajstić information content (AvgIpc) is 2.39. The Kier molecular flexibility index (Phi) is 10.7. The molecule has 0 spiro atoms. The van der Waals surface area contributed by atoms with Crippen LogP contribution in [0, 0.1) is 0 Å². The molecule has 0 aromatic carbocycles. The summed E-state index contributed by atoms with van der Waals surface area (Å²) in [6.45, 7) is 3.39. The van der Waals surface area contributed by atoms with Crippen molar-refractivity contribution in [1.29, 1.82) is 0 Å². The van der Waals surface area contributed by atoms with Gasteiger partial charge in [0.2, 0.25) is 0 Å². The van der Waals surface area contributed by atoms with E-state index in [-0.39, 0.29) is 0 Å². The summed E-state index contributed by atoms with van der Waals surface area (Å²) in [5.74, 6) is 0. The normalized spacial score (nSPS) is 23.2. The van der Waals surface area contributed by atoms with E-state index in [0.29, 0.717) is 0 Å². The van der Waals surface area contributed by atoms with Crippen molar-refractivity contribution in [2.75, 3.05) is 6.54 Å². The maximum atomic E-state index is 3.68. The van der Waals surface area contributed by atoms with Gasteiger partial charge in [-0.25, -0.2) is 0 Å². The lowest BCUT2D eigenvalue weighted by Gasteiger charge is -2.17. The van der Waals surface area contributed by atoms with E-state index in [9.17, 15) is 0 Å². The maximum Gasteiger partial charge on any atom is 0.00669 e. The number of nitrogens with one attached hydrogen (secondary N) is 1. The van der Waals surface area contributed by atoms with Crippen molar-refractivity contribution in [3.63, 3.8) is 0 Å². The standard InChI is InChI=1S/C17H35N/c1-2-18-17-15-13-11-9-7-5-3-4-6-8-10-12-14-16-17/h17-18H,2-16H2,1H3. The molecule has 0 atom stereocenters. The molecular formula is C17H35N. The monoisotopic (exact) mass is 253 g/mol. The Bertz CT molecular complexity index is 151. The van der Waals surface area contributed by atoms with Gasteiger partial charge in [-0.2, -0.15) is 0 Å². The number of hydrogen-bond donors (Lipinski definition) is 1. The number of rotatable bonds is 2. The molecule has 0 aromatic rings. The Morgan fingerprint density at radius 2 is 0.944 bits per heavy atom. The third kappa shape index (κ3) is 8.97. The summed E-state index contributed by atoms with van der Waals surface area (Å²) in [6, 6.07) is 0.806. The van der Waals surface area contributed by atoms with Crippen LogP contribution < -0.4 is 5.32 Å². The van der Waals surface area contributed by atoms with Crippen molar-refractivity contribution in [3.05, 3.63) is 0 Å². The molecule has 1 rings (SSSR count). The van der Waals surface area contributed by atoms with Crippen molar-refractivity contribution in [2.45, 2.75) is 103 Å². The molecule has 1 aliphatic carbocycles. The lowest BCUT2D eigenvalue weighted by Crippen LogP contribution is -2.28. The second-order valence-electron chi connectivity index (χ2n) is 6.07. The minimum Gasteiger partial charge on any atom is -0.314 e. The smallest absolute Gasteiger partial charge is 0.00669 e. The number of hydrogen-bond acceptors (Lipinski definition) is 1. The van der Waals surface area contributed by atoms with Crippen LogP contribution in [0.4, 0.5) is 0 Å². The summed E-state index contributed by atoms with van der Waals surface area (Å²) in [4.78, 5) is 0. The van der Waals surface area contributed by atoms with E-state index < -0.39 is 0 Å². The summed E-state index contributed by atoms with van der Waals surface area (Å²) >= 11 is 0. The largest absolute Gasteiger partial charge is 0.314 e. The Morgan fingerprint density at radius 3 is 1.28 bits per heavy atom. The van der Waals surface area contributed by atoms with Crippen LogP contribution in [0.25, 0.3) is 0 Å². The Balaban J connectivity index is 2.20. The Labute approximate surface area is 115 Å². The summed E-state index contributed by atoms with van der Waals surface area (Å²) < 4.78 is 0. The van der Waals surface area contributed by atoms with Crippen molar-refractivity contribution in [1.82, 2.24) is 5.32 Å². The lowest BCUT2D eigenvalue weighted by atomic mass is 10.0. The van der Waals surface area contributed by atoms with Gasteiger partial charge in [0.1, 0.15) is 0 Å². The van der Waals surface area contributed by atoms with Crippen LogP contribution in [0.1, 0.15) is 96.8 Å².